The molecule has 5 nitrogen and oxygen atoms in total. The van der Waals surface area contributed by atoms with Crippen molar-refractivity contribution in [2.75, 3.05) is 13.2 Å². The van der Waals surface area contributed by atoms with Crippen LogP contribution in [0.1, 0.15) is 31.4 Å². The van der Waals surface area contributed by atoms with Crippen LogP contribution < -0.4 is 0 Å². The molecule has 2 aromatic carbocycles. The summed E-state index contributed by atoms with van der Waals surface area (Å²) in [5.74, 6) is -0.0580. The molecule has 138 valence electrons. The van der Waals surface area contributed by atoms with Crippen LogP contribution in [0.5, 0.6) is 0 Å². The molecular weight excluding hydrogens is 349 g/mol. The Labute approximate surface area is 154 Å². The molecule has 0 aromatic heterocycles. The van der Waals surface area contributed by atoms with E-state index in [-0.39, 0.29) is 25.5 Å². The SMILES string of the molecule is CCOP(=O)(OCC)C1(c2ccccc2)CC(=O)N1Cc1ccccc1. The molecule has 0 saturated carbocycles. The molecule has 6 heteroatoms. The second-order valence-corrected chi connectivity index (χ2v) is 8.41. The third kappa shape index (κ3) is 3.11. The minimum absolute atomic E-state index is 0.0580. The number of hydrogen-bond donors (Lipinski definition) is 0. The summed E-state index contributed by atoms with van der Waals surface area (Å²) in [5.41, 5.74) is 1.75. The van der Waals surface area contributed by atoms with Gasteiger partial charge in [0.2, 0.25) is 5.91 Å². The van der Waals surface area contributed by atoms with Gasteiger partial charge in [0.15, 0.2) is 5.28 Å². The lowest BCUT2D eigenvalue weighted by atomic mass is 9.92. The summed E-state index contributed by atoms with van der Waals surface area (Å²) in [6, 6.07) is 19.1. The molecule has 1 saturated heterocycles. The fraction of sp³-hybridized carbons (Fsp3) is 0.350. The average Bonchev–Trinajstić information content (AvgIpc) is 2.66. The highest BCUT2D eigenvalue weighted by molar-refractivity contribution is 7.55. The third-order valence-electron chi connectivity index (χ3n) is 4.62. The summed E-state index contributed by atoms with van der Waals surface area (Å²) in [6.07, 6.45) is 0.112. The minimum Gasteiger partial charge on any atom is -0.317 e. The Balaban J connectivity index is 2.09. The molecule has 2 aromatic rings. The quantitative estimate of drug-likeness (QED) is 0.504. The van der Waals surface area contributed by atoms with E-state index in [1.54, 1.807) is 18.7 Å². The summed E-state index contributed by atoms with van der Waals surface area (Å²) in [5, 5.41) is -1.09. The molecule has 1 atom stereocenters. The largest absolute Gasteiger partial charge is 0.361 e. The lowest BCUT2D eigenvalue weighted by molar-refractivity contribution is -0.153. The van der Waals surface area contributed by atoms with Crippen molar-refractivity contribution in [3.63, 3.8) is 0 Å². The van der Waals surface area contributed by atoms with Crippen molar-refractivity contribution in [3.8, 4) is 0 Å². The Morgan fingerprint density at radius 2 is 1.50 bits per heavy atom. The molecular formula is C20H24NO4P. The topological polar surface area (TPSA) is 55.8 Å². The summed E-state index contributed by atoms with van der Waals surface area (Å²) >= 11 is 0. The molecule has 0 radical (unpaired) electrons. The predicted molar refractivity (Wildman–Crippen MR) is 101 cm³/mol. The van der Waals surface area contributed by atoms with Crippen molar-refractivity contribution in [1.29, 1.82) is 0 Å². The molecule has 1 unspecified atom stereocenters. The van der Waals surface area contributed by atoms with Crippen LogP contribution >= 0.6 is 7.60 Å². The van der Waals surface area contributed by atoms with Gasteiger partial charge in [0.25, 0.3) is 0 Å². The Hall–Kier alpha value is -1.94. The van der Waals surface area contributed by atoms with E-state index in [0.717, 1.165) is 11.1 Å². The first kappa shape index (κ1) is 18.8. The van der Waals surface area contributed by atoms with Crippen LogP contribution in [0.15, 0.2) is 60.7 Å². The van der Waals surface area contributed by atoms with E-state index in [9.17, 15) is 9.36 Å². The zero-order valence-electron chi connectivity index (χ0n) is 15.1. The predicted octanol–water partition coefficient (Wildman–Crippen LogP) is 4.54. The monoisotopic (exact) mass is 373 g/mol. The molecule has 1 fully saturated rings. The van der Waals surface area contributed by atoms with E-state index in [1.165, 1.54) is 0 Å². The first-order valence-electron chi connectivity index (χ1n) is 8.86. The Morgan fingerprint density at radius 3 is 2.00 bits per heavy atom. The number of rotatable bonds is 8. The van der Waals surface area contributed by atoms with E-state index in [0.29, 0.717) is 6.54 Å². The van der Waals surface area contributed by atoms with Crippen molar-refractivity contribution in [2.24, 2.45) is 0 Å². The number of β-lactam (4-membered cyclic amide) rings is 1. The molecule has 0 N–H and O–H groups in total. The number of nitrogens with zero attached hydrogens (tertiary/aromatic N) is 1. The molecule has 1 aliphatic rings. The van der Waals surface area contributed by atoms with Crippen LogP contribution in [-0.4, -0.2) is 24.0 Å². The van der Waals surface area contributed by atoms with Gasteiger partial charge in [-0.25, -0.2) is 0 Å². The normalized spacial score (nSPS) is 20.1. The minimum atomic E-state index is -3.60. The van der Waals surface area contributed by atoms with Crippen molar-refractivity contribution in [3.05, 3.63) is 71.8 Å². The smallest absolute Gasteiger partial charge is 0.317 e. The second kappa shape index (κ2) is 7.75. The maximum atomic E-state index is 13.8. The zero-order valence-corrected chi connectivity index (χ0v) is 16.0. The van der Waals surface area contributed by atoms with Gasteiger partial charge in [-0.15, -0.1) is 0 Å². The van der Waals surface area contributed by atoms with Gasteiger partial charge in [0, 0.05) is 6.54 Å². The number of benzene rings is 2. The number of carbonyl (C=O) groups is 1. The van der Waals surface area contributed by atoms with Gasteiger partial charge in [-0.1, -0.05) is 60.7 Å². The number of amides is 1. The number of likely N-dealkylation sites (tertiary alicyclic amines) is 1. The number of hydrogen-bond acceptors (Lipinski definition) is 4. The van der Waals surface area contributed by atoms with Crippen molar-refractivity contribution < 1.29 is 18.4 Å². The van der Waals surface area contributed by atoms with Crippen LogP contribution in [0, 0.1) is 0 Å². The van der Waals surface area contributed by atoms with Crippen molar-refractivity contribution >= 4 is 13.5 Å². The van der Waals surface area contributed by atoms with Gasteiger partial charge in [0.05, 0.1) is 19.6 Å². The zero-order chi connectivity index (χ0) is 18.6. The first-order chi connectivity index (χ1) is 12.6. The Bertz CT molecular complexity index is 786. The molecule has 1 amide bonds. The molecule has 0 aliphatic carbocycles. The molecule has 1 aliphatic heterocycles. The van der Waals surface area contributed by atoms with E-state index < -0.39 is 12.9 Å². The lowest BCUT2D eigenvalue weighted by Crippen LogP contribution is -2.60. The second-order valence-electron chi connectivity index (χ2n) is 6.16. The standard InChI is InChI=1S/C20H24NO4P/c1-3-24-26(23,25-4-2)20(18-13-9-6-10-14-18)15-19(22)21(20)16-17-11-7-5-8-12-17/h5-14H,3-4,15-16H2,1-2H3. The summed E-state index contributed by atoms with van der Waals surface area (Å²) in [4.78, 5) is 14.2. The van der Waals surface area contributed by atoms with Gasteiger partial charge in [-0.05, 0) is 25.0 Å². The van der Waals surface area contributed by atoms with E-state index in [2.05, 4.69) is 0 Å². The summed E-state index contributed by atoms with van der Waals surface area (Å²) < 4.78 is 25.2. The van der Waals surface area contributed by atoms with Gasteiger partial charge in [-0.2, -0.15) is 0 Å². The Morgan fingerprint density at radius 1 is 0.962 bits per heavy atom. The number of carbonyl (C=O) groups excluding carboxylic acids is 1. The fourth-order valence-electron chi connectivity index (χ4n) is 3.46. The highest BCUT2D eigenvalue weighted by atomic mass is 31.2. The van der Waals surface area contributed by atoms with Gasteiger partial charge in [0.1, 0.15) is 0 Å². The molecule has 26 heavy (non-hydrogen) atoms. The van der Waals surface area contributed by atoms with Crippen LogP contribution in [0.2, 0.25) is 0 Å². The van der Waals surface area contributed by atoms with Crippen LogP contribution in [0.25, 0.3) is 0 Å². The maximum Gasteiger partial charge on any atom is 0.361 e. The highest BCUT2D eigenvalue weighted by Crippen LogP contribution is 2.71. The van der Waals surface area contributed by atoms with E-state index >= 15 is 0 Å². The Kier molecular flexibility index (Phi) is 5.61. The van der Waals surface area contributed by atoms with Crippen molar-refractivity contribution in [2.45, 2.75) is 32.1 Å². The lowest BCUT2D eigenvalue weighted by Gasteiger charge is -2.54. The van der Waals surface area contributed by atoms with Gasteiger partial charge >= 0.3 is 7.60 Å². The molecule has 0 spiro atoms. The summed E-state index contributed by atoms with van der Waals surface area (Å²) in [7, 11) is -3.60. The molecule has 0 bridgehead atoms. The third-order valence-corrected chi connectivity index (χ3v) is 7.38. The fourth-order valence-corrected chi connectivity index (χ4v) is 5.91. The van der Waals surface area contributed by atoms with Crippen LogP contribution in [-0.2, 0) is 30.2 Å². The summed E-state index contributed by atoms with van der Waals surface area (Å²) in [6.45, 7) is 4.43. The van der Waals surface area contributed by atoms with Gasteiger partial charge in [-0.3, -0.25) is 9.36 Å². The maximum absolute atomic E-state index is 13.8. The van der Waals surface area contributed by atoms with E-state index in [4.69, 9.17) is 9.05 Å². The molecule has 3 rings (SSSR count). The van der Waals surface area contributed by atoms with Crippen LogP contribution in [0.4, 0.5) is 0 Å². The molecule has 1 heterocycles. The van der Waals surface area contributed by atoms with Gasteiger partial charge < -0.3 is 13.9 Å². The average molecular weight is 373 g/mol. The van der Waals surface area contributed by atoms with E-state index in [1.807, 2.05) is 60.7 Å². The highest BCUT2D eigenvalue weighted by Gasteiger charge is 2.65. The van der Waals surface area contributed by atoms with Crippen LogP contribution in [0.3, 0.4) is 0 Å². The first-order valence-corrected chi connectivity index (χ1v) is 10.4. The van der Waals surface area contributed by atoms with Crippen molar-refractivity contribution in [1.82, 2.24) is 4.90 Å².